The lowest BCUT2D eigenvalue weighted by molar-refractivity contribution is 0.204. The Labute approximate surface area is 108 Å². The summed E-state index contributed by atoms with van der Waals surface area (Å²) in [5.41, 5.74) is 2.11. The second-order valence-corrected chi connectivity index (χ2v) is 6.09. The van der Waals surface area contributed by atoms with Gasteiger partial charge in [-0.15, -0.1) is 0 Å². The molecule has 0 saturated heterocycles. The molecule has 1 unspecified atom stereocenters. The van der Waals surface area contributed by atoms with Crippen molar-refractivity contribution in [2.75, 3.05) is 19.1 Å². The summed E-state index contributed by atoms with van der Waals surface area (Å²) in [6.07, 6.45) is 1.59. The molecule has 0 heterocycles. The fourth-order valence-corrected chi connectivity index (χ4v) is 2.28. The molecule has 0 radical (unpaired) electrons. The van der Waals surface area contributed by atoms with Crippen molar-refractivity contribution >= 4 is 11.8 Å². The van der Waals surface area contributed by atoms with Crippen LogP contribution in [0.3, 0.4) is 0 Å². The van der Waals surface area contributed by atoms with Crippen LogP contribution in [0.25, 0.3) is 0 Å². The van der Waals surface area contributed by atoms with Crippen molar-refractivity contribution < 1.29 is 9.84 Å². The Hall–Kier alpha value is -0.670. The van der Waals surface area contributed by atoms with Crippen molar-refractivity contribution in [2.45, 2.75) is 32.3 Å². The predicted octanol–water partition coefficient (Wildman–Crippen LogP) is 3.39. The van der Waals surface area contributed by atoms with E-state index in [0.717, 1.165) is 22.6 Å². The lowest BCUT2D eigenvalue weighted by Gasteiger charge is -2.23. The third kappa shape index (κ3) is 3.65. The van der Waals surface area contributed by atoms with Crippen molar-refractivity contribution in [3.8, 4) is 5.75 Å². The average Bonchev–Trinajstić information content (AvgIpc) is 2.27. The average molecular weight is 254 g/mol. The SMILES string of the molecule is COc1ccc(C(O)CSC)cc1C(C)(C)C. The Balaban J connectivity index is 3.13. The monoisotopic (exact) mass is 254 g/mol. The van der Waals surface area contributed by atoms with Crippen molar-refractivity contribution in [3.05, 3.63) is 29.3 Å². The molecule has 0 aromatic heterocycles. The van der Waals surface area contributed by atoms with Crippen LogP contribution >= 0.6 is 11.8 Å². The molecule has 1 aromatic carbocycles. The van der Waals surface area contributed by atoms with Gasteiger partial charge in [0.25, 0.3) is 0 Å². The number of ether oxygens (including phenoxy) is 1. The molecule has 1 aromatic rings. The molecule has 2 nitrogen and oxygen atoms in total. The van der Waals surface area contributed by atoms with Gasteiger partial charge in [0.1, 0.15) is 5.75 Å². The normalized spacial score (nSPS) is 13.5. The van der Waals surface area contributed by atoms with Gasteiger partial charge in [0.2, 0.25) is 0 Å². The fraction of sp³-hybridized carbons (Fsp3) is 0.571. The van der Waals surface area contributed by atoms with E-state index in [0.29, 0.717) is 0 Å². The highest BCUT2D eigenvalue weighted by molar-refractivity contribution is 7.98. The van der Waals surface area contributed by atoms with E-state index in [1.54, 1.807) is 18.9 Å². The number of thioether (sulfide) groups is 1. The second-order valence-electron chi connectivity index (χ2n) is 5.18. The highest BCUT2D eigenvalue weighted by Crippen LogP contribution is 2.33. The van der Waals surface area contributed by atoms with E-state index in [1.807, 2.05) is 18.4 Å². The molecule has 0 aliphatic carbocycles. The Bertz CT molecular complexity index is 369. The highest BCUT2D eigenvalue weighted by Gasteiger charge is 2.20. The molecule has 0 saturated carbocycles. The minimum Gasteiger partial charge on any atom is -0.496 e. The predicted molar refractivity (Wildman–Crippen MR) is 75.0 cm³/mol. The standard InChI is InChI=1S/C14H22O2S/c1-14(2,3)11-8-10(12(15)9-17-5)6-7-13(11)16-4/h6-8,12,15H,9H2,1-5H3. The van der Waals surface area contributed by atoms with Gasteiger partial charge in [0, 0.05) is 5.75 Å². The van der Waals surface area contributed by atoms with Crippen LogP contribution in [-0.2, 0) is 5.41 Å². The summed E-state index contributed by atoms with van der Waals surface area (Å²) in [5.74, 6) is 1.60. The molecular weight excluding hydrogens is 232 g/mol. The summed E-state index contributed by atoms with van der Waals surface area (Å²) in [4.78, 5) is 0. The Morgan fingerprint density at radius 2 is 2.00 bits per heavy atom. The number of methoxy groups -OCH3 is 1. The van der Waals surface area contributed by atoms with Crippen LogP contribution in [-0.4, -0.2) is 24.2 Å². The van der Waals surface area contributed by atoms with Gasteiger partial charge in [-0.1, -0.05) is 26.8 Å². The minimum atomic E-state index is -0.406. The lowest BCUT2D eigenvalue weighted by atomic mass is 9.85. The molecule has 0 bridgehead atoms. The van der Waals surface area contributed by atoms with E-state index in [-0.39, 0.29) is 5.41 Å². The third-order valence-corrected chi connectivity index (χ3v) is 3.39. The maximum atomic E-state index is 10.0. The van der Waals surface area contributed by atoms with Gasteiger partial charge < -0.3 is 9.84 Å². The quantitative estimate of drug-likeness (QED) is 0.893. The van der Waals surface area contributed by atoms with Crippen LogP contribution in [0.15, 0.2) is 18.2 Å². The molecule has 3 heteroatoms. The highest BCUT2D eigenvalue weighted by atomic mass is 32.2. The minimum absolute atomic E-state index is 0.0143. The number of aliphatic hydroxyl groups is 1. The third-order valence-electron chi connectivity index (χ3n) is 2.74. The molecule has 1 atom stereocenters. The first-order valence-electron chi connectivity index (χ1n) is 5.75. The molecule has 0 amide bonds. The molecule has 0 fully saturated rings. The summed E-state index contributed by atoms with van der Waals surface area (Å²) in [6.45, 7) is 6.45. The van der Waals surface area contributed by atoms with Crippen LogP contribution in [0.2, 0.25) is 0 Å². The number of aliphatic hydroxyl groups excluding tert-OH is 1. The van der Waals surface area contributed by atoms with E-state index >= 15 is 0 Å². The van der Waals surface area contributed by atoms with Gasteiger partial charge in [-0.05, 0) is 34.9 Å². The zero-order chi connectivity index (χ0) is 13.1. The first-order chi connectivity index (χ1) is 7.90. The zero-order valence-corrected chi connectivity index (χ0v) is 12.1. The zero-order valence-electron chi connectivity index (χ0n) is 11.3. The van der Waals surface area contributed by atoms with E-state index < -0.39 is 6.10 Å². The number of hydrogen-bond acceptors (Lipinski definition) is 3. The van der Waals surface area contributed by atoms with Gasteiger partial charge in [0.15, 0.2) is 0 Å². The van der Waals surface area contributed by atoms with Crippen molar-refractivity contribution in [1.82, 2.24) is 0 Å². The maximum Gasteiger partial charge on any atom is 0.122 e. The molecule has 0 spiro atoms. The smallest absolute Gasteiger partial charge is 0.122 e. The summed E-state index contributed by atoms with van der Waals surface area (Å²) < 4.78 is 5.38. The topological polar surface area (TPSA) is 29.5 Å². The summed E-state index contributed by atoms with van der Waals surface area (Å²) >= 11 is 1.65. The summed E-state index contributed by atoms with van der Waals surface area (Å²) in [6, 6.07) is 5.94. The molecule has 0 aliphatic heterocycles. The largest absolute Gasteiger partial charge is 0.496 e. The van der Waals surface area contributed by atoms with Gasteiger partial charge in [0.05, 0.1) is 13.2 Å². The second kappa shape index (κ2) is 5.78. The van der Waals surface area contributed by atoms with Gasteiger partial charge in [-0.2, -0.15) is 11.8 Å². The van der Waals surface area contributed by atoms with Crippen molar-refractivity contribution in [3.63, 3.8) is 0 Å². The molecular formula is C14H22O2S. The Morgan fingerprint density at radius 3 is 2.47 bits per heavy atom. The fourth-order valence-electron chi connectivity index (χ4n) is 1.77. The molecule has 1 N–H and O–H groups in total. The van der Waals surface area contributed by atoms with Crippen LogP contribution in [0.5, 0.6) is 5.75 Å². The summed E-state index contributed by atoms with van der Waals surface area (Å²) in [7, 11) is 1.68. The number of hydrogen-bond donors (Lipinski definition) is 1. The summed E-state index contributed by atoms with van der Waals surface area (Å²) in [5, 5.41) is 10.0. The van der Waals surface area contributed by atoms with E-state index in [4.69, 9.17) is 4.74 Å². The number of rotatable bonds is 4. The van der Waals surface area contributed by atoms with E-state index in [2.05, 4.69) is 26.8 Å². The van der Waals surface area contributed by atoms with Crippen LogP contribution in [0.4, 0.5) is 0 Å². The molecule has 0 aliphatic rings. The Morgan fingerprint density at radius 1 is 1.35 bits per heavy atom. The lowest BCUT2D eigenvalue weighted by Crippen LogP contribution is -2.14. The Kier molecular flexibility index (Phi) is 4.90. The van der Waals surface area contributed by atoms with Crippen molar-refractivity contribution in [1.29, 1.82) is 0 Å². The van der Waals surface area contributed by atoms with Crippen LogP contribution in [0.1, 0.15) is 38.0 Å². The van der Waals surface area contributed by atoms with E-state index in [1.165, 1.54) is 0 Å². The van der Waals surface area contributed by atoms with Crippen LogP contribution in [0, 0.1) is 0 Å². The van der Waals surface area contributed by atoms with Crippen molar-refractivity contribution in [2.24, 2.45) is 0 Å². The van der Waals surface area contributed by atoms with Gasteiger partial charge in [-0.3, -0.25) is 0 Å². The molecule has 96 valence electrons. The van der Waals surface area contributed by atoms with Crippen LogP contribution < -0.4 is 4.74 Å². The first-order valence-corrected chi connectivity index (χ1v) is 7.15. The van der Waals surface area contributed by atoms with Gasteiger partial charge in [-0.25, -0.2) is 0 Å². The molecule has 1 rings (SSSR count). The van der Waals surface area contributed by atoms with Gasteiger partial charge >= 0.3 is 0 Å². The van der Waals surface area contributed by atoms with E-state index in [9.17, 15) is 5.11 Å². The maximum absolute atomic E-state index is 10.0. The first kappa shape index (κ1) is 14.4. The number of benzene rings is 1. The molecule has 17 heavy (non-hydrogen) atoms.